The summed E-state index contributed by atoms with van der Waals surface area (Å²) in [5, 5.41) is 2.72. The Morgan fingerprint density at radius 1 is 0.909 bits per heavy atom. The average Bonchev–Trinajstić information content (AvgIpc) is 2.79. The molecule has 0 aliphatic carbocycles. The van der Waals surface area contributed by atoms with Gasteiger partial charge >= 0.3 is 0 Å². The minimum Gasteiger partial charge on any atom is -0.497 e. The average molecular weight is 471 g/mol. The first-order valence-electron chi connectivity index (χ1n) is 10.2. The highest BCUT2D eigenvalue weighted by molar-refractivity contribution is 7.92. The number of hydrogen-bond donors (Lipinski definition) is 2. The summed E-state index contributed by atoms with van der Waals surface area (Å²) in [4.78, 5) is 12.3. The number of aryl methyl sites for hydroxylation is 1. The van der Waals surface area contributed by atoms with E-state index in [-0.39, 0.29) is 17.4 Å². The molecule has 3 rings (SSSR count). The van der Waals surface area contributed by atoms with Gasteiger partial charge in [0.2, 0.25) is 0 Å². The van der Waals surface area contributed by atoms with E-state index in [4.69, 9.17) is 14.2 Å². The molecule has 3 aromatic rings. The number of amides is 1. The SMILES string of the molecule is CCOc1ccc(NS(=O)(=O)c2ccc(OCC(=O)Nc3cccc(OC)c3)c(C)c2)cc1. The molecule has 0 atom stereocenters. The summed E-state index contributed by atoms with van der Waals surface area (Å²) < 4.78 is 44.1. The van der Waals surface area contributed by atoms with Crippen LogP contribution in [0, 0.1) is 6.92 Å². The molecule has 0 heterocycles. The summed E-state index contributed by atoms with van der Waals surface area (Å²) in [5.74, 6) is 1.35. The monoisotopic (exact) mass is 470 g/mol. The first kappa shape index (κ1) is 23.9. The number of anilines is 2. The van der Waals surface area contributed by atoms with Gasteiger partial charge < -0.3 is 19.5 Å². The zero-order valence-electron chi connectivity index (χ0n) is 18.6. The summed E-state index contributed by atoms with van der Waals surface area (Å²) in [6.07, 6.45) is 0. The number of benzene rings is 3. The van der Waals surface area contributed by atoms with Gasteiger partial charge in [-0.15, -0.1) is 0 Å². The third kappa shape index (κ3) is 6.63. The Bertz CT molecular complexity index is 1210. The predicted molar refractivity (Wildman–Crippen MR) is 127 cm³/mol. The molecule has 1 amide bonds. The summed E-state index contributed by atoms with van der Waals surface area (Å²) >= 11 is 0. The first-order valence-corrected chi connectivity index (χ1v) is 11.7. The predicted octanol–water partition coefficient (Wildman–Crippen LogP) is 4.22. The molecule has 0 saturated carbocycles. The molecule has 0 aromatic heterocycles. The van der Waals surface area contributed by atoms with Crippen molar-refractivity contribution < 1.29 is 27.4 Å². The van der Waals surface area contributed by atoms with Crippen LogP contribution in [0.5, 0.6) is 17.2 Å². The molecule has 0 unspecified atom stereocenters. The highest BCUT2D eigenvalue weighted by atomic mass is 32.2. The first-order chi connectivity index (χ1) is 15.8. The number of rotatable bonds is 10. The van der Waals surface area contributed by atoms with Gasteiger partial charge in [0, 0.05) is 17.4 Å². The molecule has 0 radical (unpaired) electrons. The number of carbonyl (C=O) groups excluding carboxylic acids is 1. The molecule has 0 aliphatic heterocycles. The Kier molecular flexibility index (Phi) is 7.78. The smallest absolute Gasteiger partial charge is 0.262 e. The van der Waals surface area contributed by atoms with Crippen molar-refractivity contribution in [1.29, 1.82) is 0 Å². The van der Waals surface area contributed by atoms with Gasteiger partial charge in [-0.2, -0.15) is 0 Å². The lowest BCUT2D eigenvalue weighted by Crippen LogP contribution is -2.20. The molecule has 0 bridgehead atoms. The van der Waals surface area contributed by atoms with E-state index in [1.165, 1.54) is 18.2 Å². The standard InChI is InChI=1S/C24H26N2O6S/c1-4-31-20-10-8-18(9-11-20)26-33(28,29)22-12-13-23(17(2)14-22)32-16-24(27)25-19-6-5-7-21(15-19)30-3/h5-15,26H,4,16H2,1-3H3,(H,25,27). The topological polar surface area (TPSA) is 103 Å². The van der Waals surface area contributed by atoms with Crippen LogP contribution < -0.4 is 24.2 Å². The fourth-order valence-electron chi connectivity index (χ4n) is 2.99. The van der Waals surface area contributed by atoms with Gasteiger partial charge in [-0.3, -0.25) is 9.52 Å². The van der Waals surface area contributed by atoms with Gasteiger partial charge in [-0.1, -0.05) is 6.07 Å². The Balaban J connectivity index is 1.61. The molecular formula is C24H26N2O6S. The van der Waals surface area contributed by atoms with Crippen LogP contribution in [0.15, 0.2) is 71.6 Å². The third-order valence-corrected chi connectivity index (χ3v) is 5.97. The minimum atomic E-state index is -3.79. The fraction of sp³-hybridized carbons (Fsp3) is 0.208. The maximum atomic E-state index is 12.7. The Morgan fingerprint density at radius 2 is 1.67 bits per heavy atom. The molecule has 33 heavy (non-hydrogen) atoms. The van der Waals surface area contributed by atoms with Crippen LogP contribution in [0.4, 0.5) is 11.4 Å². The van der Waals surface area contributed by atoms with Crippen molar-refractivity contribution in [2.24, 2.45) is 0 Å². The summed E-state index contributed by atoms with van der Waals surface area (Å²) in [6.45, 7) is 3.89. The highest BCUT2D eigenvalue weighted by Crippen LogP contribution is 2.25. The molecule has 3 aromatic carbocycles. The molecule has 0 saturated heterocycles. The van der Waals surface area contributed by atoms with Gasteiger partial charge in [-0.05, 0) is 74.0 Å². The second-order valence-corrected chi connectivity index (χ2v) is 8.74. The van der Waals surface area contributed by atoms with Crippen LogP contribution in [0.25, 0.3) is 0 Å². The second kappa shape index (κ2) is 10.7. The number of carbonyl (C=O) groups is 1. The van der Waals surface area contributed by atoms with E-state index >= 15 is 0 Å². The molecule has 0 aliphatic rings. The summed E-state index contributed by atoms with van der Waals surface area (Å²) in [5.41, 5.74) is 1.59. The van der Waals surface area contributed by atoms with Crippen LogP contribution in [0.1, 0.15) is 12.5 Å². The lowest BCUT2D eigenvalue weighted by Gasteiger charge is -2.13. The lowest BCUT2D eigenvalue weighted by molar-refractivity contribution is -0.118. The maximum absolute atomic E-state index is 12.7. The van der Waals surface area contributed by atoms with Crippen molar-refractivity contribution in [2.75, 3.05) is 30.4 Å². The van der Waals surface area contributed by atoms with Crippen LogP contribution in [-0.4, -0.2) is 34.6 Å². The number of sulfonamides is 1. The number of hydrogen-bond acceptors (Lipinski definition) is 6. The summed E-state index contributed by atoms with van der Waals surface area (Å²) in [6, 6.07) is 18.1. The van der Waals surface area contributed by atoms with Crippen molar-refractivity contribution >= 4 is 27.3 Å². The number of nitrogens with one attached hydrogen (secondary N) is 2. The van der Waals surface area contributed by atoms with Gasteiger partial charge in [0.1, 0.15) is 17.2 Å². The van der Waals surface area contributed by atoms with Gasteiger partial charge in [0.05, 0.1) is 18.6 Å². The van der Waals surface area contributed by atoms with Crippen LogP contribution in [-0.2, 0) is 14.8 Å². The zero-order valence-corrected chi connectivity index (χ0v) is 19.4. The van der Waals surface area contributed by atoms with Crippen LogP contribution in [0.3, 0.4) is 0 Å². The Hall–Kier alpha value is -3.72. The Labute approximate surface area is 193 Å². The molecule has 9 heteroatoms. The zero-order chi connectivity index (χ0) is 23.8. The molecule has 0 fully saturated rings. The van der Waals surface area contributed by atoms with Gasteiger partial charge in [0.25, 0.3) is 15.9 Å². The molecular weight excluding hydrogens is 444 g/mol. The van der Waals surface area contributed by atoms with Crippen molar-refractivity contribution in [2.45, 2.75) is 18.7 Å². The van der Waals surface area contributed by atoms with Crippen LogP contribution in [0.2, 0.25) is 0 Å². The lowest BCUT2D eigenvalue weighted by atomic mass is 10.2. The van der Waals surface area contributed by atoms with E-state index in [0.717, 1.165) is 0 Å². The number of ether oxygens (including phenoxy) is 3. The molecule has 2 N–H and O–H groups in total. The minimum absolute atomic E-state index is 0.0852. The normalized spacial score (nSPS) is 10.9. The van der Waals surface area contributed by atoms with E-state index < -0.39 is 10.0 Å². The van der Waals surface area contributed by atoms with E-state index in [2.05, 4.69) is 10.0 Å². The largest absolute Gasteiger partial charge is 0.497 e. The number of methoxy groups -OCH3 is 1. The maximum Gasteiger partial charge on any atom is 0.262 e. The van der Waals surface area contributed by atoms with Crippen LogP contribution >= 0.6 is 0 Å². The molecule has 0 spiro atoms. The fourth-order valence-corrected chi connectivity index (χ4v) is 4.14. The Morgan fingerprint density at radius 3 is 2.33 bits per heavy atom. The third-order valence-electron chi connectivity index (χ3n) is 4.59. The van der Waals surface area contributed by atoms with E-state index in [1.807, 2.05) is 6.92 Å². The molecule has 174 valence electrons. The van der Waals surface area contributed by atoms with Gasteiger partial charge in [0.15, 0.2) is 6.61 Å². The second-order valence-electron chi connectivity index (χ2n) is 7.06. The van der Waals surface area contributed by atoms with Crippen molar-refractivity contribution in [3.63, 3.8) is 0 Å². The summed E-state index contributed by atoms with van der Waals surface area (Å²) in [7, 11) is -2.25. The van der Waals surface area contributed by atoms with Crippen molar-refractivity contribution in [1.82, 2.24) is 0 Å². The van der Waals surface area contributed by atoms with E-state index in [0.29, 0.717) is 40.8 Å². The molecule has 8 nitrogen and oxygen atoms in total. The quantitative estimate of drug-likeness (QED) is 0.460. The highest BCUT2D eigenvalue weighted by Gasteiger charge is 2.16. The van der Waals surface area contributed by atoms with E-state index in [1.54, 1.807) is 62.6 Å². The van der Waals surface area contributed by atoms with Crippen molar-refractivity contribution in [3.8, 4) is 17.2 Å². The van der Waals surface area contributed by atoms with Crippen molar-refractivity contribution in [3.05, 3.63) is 72.3 Å². The van der Waals surface area contributed by atoms with Gasteiger partial charge in [-0.25, -0.2) is 8.42 Å². The van der Waals surface area contributed by atoms with E-state index in [9.17, 15) is 13.2 Å².